The average Bonchev–Trinajstić information content (AvgIpc) is 2.01. The van der Waals surface area contributed by atoms with Crippen molar-refractivity contribution in [3.8, 4) is 0 Å². The topological polar surface area (TPSA) is 12.5 Å². The molecule has 1 unspecified atom stereocenters. The zero-order valence-electron chi connectivity index (χ0n) is 8.64. The first-order valence-electron chi connectivity index (χ1n) is 4.21. The lowest BCUT2D eigenvalue weighted by atomic mass is 10.00. The Morgan fingerprint density at radius 1 is 1.45 bits per heavy atom. The van der Waals surface area contributed by atoms with Crippen LogP contribution in [0.1, 0.15) is 34.1 Å². The van der Waals surface area contributed by atoms with E-state index in [1.54, 1.807) is 7.11 Å². The fourth-order valence-electron chi connectivity index (χ4n) is 0.900. The van der Waals surface area contributed by atoms with Gasteiger partial charge in [0, 0.05) is 12.6 Å². The van der Waals surface area contributed by atoms with Crippen molar-refractivity contribution in [2.75, 3.05) is 14.2 Å². The molecule has 0 aromatic carbocycles. The summed E-state index contributed by atoms with van der Waals surface area (Å²) in [5, 5.41) is 0. The smallest absolute Gasteiger partial charge is 0.107 e. The molecule has 68 valence electrons. The normalized spacial score (nSPS) is 15.5. The molecular formula is C9H21NO. The maximum atomic E-state index is 5.23. The molecule has 0 radical (unpaired) electrons. The second-order valence-electron chi connectivity index (χ2n) is 3.61. The van der Waals surface area contributed by atoms with Gasteiger partial charge in [0.1, 0.15) is 6.23 Å². The zero-order valence-corrected chi connectivity index (χ0v) is 8.64. The van der Waals surface area contributed by atoms with Crippen molar-refractivity contribution >= 4 is 0 Å². The number of hydrogen-bond donors (Lipinski definition) is 0. The molecule has 11 heavy (non-hydrogen) atoms. The highest BCUT2D eigenvalue weighted by atomic mass is 16.5. The Kier molecular flexibility index (Phi) is 4.04. The van der Waals surface area contributed by atoms with E-state index in [1.165, 1.54) is 0 Å². The summed E-state index contributed by atoms with van der Waals surface area (Å²) in [4.78, 5) is 2.24. The first-order valence-corrected chi connectivity index (χ1v) is 4.21. The maximum Gasteiger partial charge on any atom is 0.107 e. The number of ether oxygens (including phenoxy) is 1. The van der Waals surface area contributed by atoms with Crippen molar-refractivity contribution in [3.63, 3.8) is 0 Å². The van der Waals surface area contributed by atoms with Crippen LogP contribution >= 0.6 is 0 Å². The molecule has 2 heteroatoms. The van der Waals surface area contributed by atoms with Crippen LogP contribution in [0.2, 0.25) is 0 Å². The van der Waals surface area contributed by atoms with Crippen molar-refractivity contribution in [2.24, 2.45) is 0 Å². The largest absolute Gasteiger partial charge is 0.367 e. The van der Waals surface area contributed by atoms with Crippen LogP contribution in [0.3, 0.4) is 0 Å². The minimum absolute atomic E-state index is 0.199. The molecule has 0 aromatic heterocycles. The second kappa shape index (κ2) is 4.07. The van der Waals surface area contributed by atoms with E-state index in [0.717, 1.165) is 6.42 Å². The van der Waals surface area contributed by atoms with Crippen LogP contribution in [-0.2, 0) is 4.74 Å². The molecule has 2 nitrogen and oxygen atoms in total. The van der Waals surface area contributed by atoms with E-state index in [-0.39, 0.29) is 11.8 Å². The van der Waals surface area contributed by atoms with Gasteiger partial charge in [0.15, 0.2) is 0 Å². The third kappa shape index (κ3) is 2.80. The van der Waals surface area contributed by atoms with Crippen molar-refractivity contribution in [1.29, 1.82) is 0 Å². The molecule has 0 fully saturated rings. The van der Waals surface area contributed by atoms with Crippen LogP contribution in [-0.4, -0.2) is 30.8 Å². The number of methoxy groups -OCH3 is 1. The van der Waals surface area contributed by atoms with Crippen molar-refractivity contribution < 1.29 is 4.74 Å². The lowest BCUT2D eigenvalue weighted by Crippen LogP contribution is -2.46. The predicted octanol–water partition coefficient (Wildman–Crippen LogP) is 2.10. The Hall–Kier alpha value is -0.0800. The van der Waals surface area contributed by atoms with Crippen LogP contribution in [0, 0.1) is 0 Å². The van der Waals surface area contributed by atoms with Gasteiger partial charge in [-0.1, -0.05) is 6.92 Å². The van der Waals surface area contributed by atoms with Gasteiger partial charge in [-0.25, -0.2) is 0 Å². The summed E-state index contributed by atoms with van der Waals surface area (Å²) in [6.45, 7) is 8.71. The molecule has 0 rings (SSSR count). The van der Waals surface area contributed by atoms with Gasteiger partial charge < -0.3 is 4.74 Å². The molecule has 0 aliphatic carbocycles. The Balaban J connectivity index is 4.10. The molecule has 0 bridgehead atoms. The van der Waals surface area contributed by atoms with Crippen LogP contribution in [0.15, 0.2) is 0 Å². The Labute approximate surface area is 70.5 Å². The fraction of sp³-hybridized carbons (Fsp3) is 1.00. The van der Waals surface area contributed by atoms with E-state index in [0.29, 0.717) is 0 Å². The summed E-state index contributed by atoms with van der Waals surface area (Å²) in [6, 6.07) is 0. The molecule has 0 heterocycles. The van der Waals surface area contributed by atoms with Crippen molar-refractivity contribution in [2.45, 2.75) is 45.9 Å². The molecular weight excluding hydrogens is 138 g/mol. The van der Waals surface area contributed by atoms with Crippen LogP contribution in [0.25, 0.3) is 0 Å². The molecule has 0 saturated carbocycles. The van der Waals surface area contributed by atoms with Gasteiger partial charge >= 0.3 is 0 Å². The SMILES string of the molecule is CCC(C)(C)N(C)C(C)OC. The summed E-state index contributed by atoms with van der Waals surface area (Å²) >= 11 is 0. The zero-order chi connectivity index (χ0) is 9.07. The molecule has 0 aliphatic heterocycles. The fourth-order valence-corrected chi connectivity index (χ4v) is 0.900. The standard InChI is InChI=1S/C9H21NO/c1-7-9(3,4)10(5)8(2)11-6/h8H,7H2,1-6H3. The quantitative estimate of drug-likeness (QED) is 0.582. The maximum absolute atomic E-state index is 5.23. The predicted molar refractivity (Wildman–Crippen MR) is 48.6 cm³/mol. The van der Waals surface area contributed by atoms with Gasteiger partial charge in [0.2, 0.25) is 0 Å². The molecule has 0 spiro atoms. The molecule has 0 aliphatic rings. The van der Waals surface area contributed by atoms with Crippen molar-refractivity contribution in [3.05, 3.63) is 0 Å². The van der Waals surface area contributed by atoms with Gasteiger partial charge in [-0.3, -0.25) is 4.90 Å². The van der Waals surface area contributed by atoms with E-state index in [4.69, 9.17) is 4.74 Å². The Morgan fingerprint density at radius 2 is 1.91 bits per heavy atom. The molecule has 1 atom stereocenters. The van der Waals surface area contributed by atoms with E-state index in [9.17, 15) is 0 Å². The van der Waals surface area contributed by atoms with Crippen LogP contribution in [0.4, 0.5) is 0 Å². The van der Waals surface area contributed by atoms with E-state index in [1.807, 2.05) is 0 Å². The van der Waals surface area contributed by atoms with Gasteiger partial charge in [0.25, 0.3) is 0 Å². The Morgan fingerprint density at radius 3 is 2.18 bits per heavy atom. The minimum Gasteiger partial charge on any atom is -0.367 e. The highest BCUT2D eigenvalue weighted by Gasteiger charge is 2.24. The monoisotopic (exact) mass is 159 g/mol. The molecule has 0 amide bonds. The third-order valence-electron chi connectivity index (χ3n) is 2.71. The van der Waals surface area contributed by atoms with E-state index in [2.05, 4.69) is 39.6 Å². The van der Waals surface area contributed by atoms with E-state index >= 15 is 0 Å². The average molecular weight is 159 g/mol. The summed E-state index contributed by atoms with van der Waals surface area (Å²) in [7, 11) is 3.84. The Bertz CT molecular complexity index is 112. The summed E-state index contributed by atoms with van der Waals surface area (Å²) in [5.74, 6) is 0. The van der Waals surface area contributed by atoms with Crippen LogP contribution in [0.5, 0.6) is 0 Å². The van der Waals surface area contributed by atoms with Crippen LogP contribution < -0.4 is 0 Å². The summed E-state index contributed by atoms with van der Waals surface area (Å²) in [6.07, 6.45) is 1.34. The highest BCUT2D eigenvalue weighted by molar-refractivity contribution is 4.77. The first kappa shape index (κ1) is 10.9. The van der Waals surface area contributed by atoms with Gasteiger partial charge in [-0.05, 0) is 34.2 Å². The highest BCUT2D eigenvalue weighted by Crippen LogP contribution is 2.18. The first-order chi connectivity index (χ1) is 4.95. The van der Waals surface area contributed by atoms with E-state index < -0.39 is 0 Å². The summed E-state index contributed by atoms with van der Waals surface area (Å²) in [5.41, 5.74) is 0.232. The number of rotatable bonds is 4. The number of hydrogen-bond acceptors (Lipinski definition) is 2. The third-order valence-corrected chi connectivity index (χ3v) is 2.71. The number of nitrogens with zero attached hydrogens (tertiary/aromatic N) is 1. The lowest BCUT2D eigenvalue weighted by molar-refractivity contribution is -0.0547. The van der Waals surface area contributed by atoms with Gasteiger partial charge in [-0.15, -0.1) is 0 Å². The second-order valence-corrected chi connectivity index (χ2v) is 3.61. The molecule has 0 aromatic rings. The van der Waals surface area contributed by atoms with Crippen molar-refractivity contribution in [1.82, 2.24) is 4.90 Å². The lowest BCUT2D eigenvalue weighted by Gasteiger charge is -2.38. The van der Waals surface area contributed by atoms with Gasteiger partial charge in [0.05, 0.1) is 0 Å². The molecule has 0 N–H and O–H groups in total. The van der Waals surface area contributed by atoms with Gasteiger partial charge in [-0.2, -0.15) is 0 Å². The molecule has 0 saturated heterocycles. The summed E-state index contributed by atoms with van der Waals surface area (Å²) < 4.78 is 5.23. The minimum atomic E-state index is 0.199.